The number of hydrogen-bond acceptors (Lipinski definition) is 6. The number of nitrogens with two attached hydrogens (primary N) is 2. The van der Waals surface area contributed by atoms with Gasteiger partial charge in [-0.2, -0.15) is 4.98 Å². The van der Waals surface area contributed by atoms with Gasteiger partial charge in [0.15, 0.2) is 0 Å². The smallest absolute Gasteiger partial charge is 0.260 e. The van der Waals surface area contributed by atoms with Gasteiger partial charge >= 0.3 is 0 Å². The first-order valence-corrected chi connectivity index (χ1v) is 6.64. The van der Waals surface area contributed by atoms with Crippen molar-refractivity contribution in [3.05, 3.63) is 5.89 Å². The van der Waals surface area contributed by atoms with Crippen molar-refractivity contribution in [3.8, 4) is 0 Å². The van der Waals surface area contributed by atoms with Gasteiger partial charge in [-0.05, 0) is 24.9 Å². The molecule has 1 aromatic rings. The van der Waals surface area contributed by atoms with Crippen molar-refractivity contribution < 1.29 is 9.32 Å². The van der Waals surface area contributed by atoms with Crippen molar-refractivity contribution in [2.75, 3.05) is 12.3 Å². The number of nitrogens with zero attached hydrogens (tertiary/aromatic N) is 2. The van der Waals surface area contributed by atoms with Gasteiger partial charge in [0.05, 0.1) is 5.92 Å². The maximum atomic E-state index is 12.1. The average Bonchev–Trinajstić information content (AvgIpc) is 2.74. The number of carbonyl (C=O) groups excluding carboxylic acids is 1. The highest BCUT2D eigenvalue weighted by Gasteiger charge is 2.37. The summed E-state index contributed by atoms with van der Waals surface area (Å²) in [7, 11) is 0. The van der Waals surface area contributed by atoms with E-state index in [1.165, 1.54) is 0 Å². The van der Waals surface area contributed by atoms with Gasteiger partial charge in [0.1, 0.15) is 0 Å². The van der Waals surface area contributed by atoms with E-state index < -0.39 is 5.54 Å². The molecule has 2 rings (SSSR count). The Bertz CT molecular complexity index is 443. The Morgan fingerprint density at radius 3 is 3.00 bits per heavy atom. The second kappa shape index (κ2) is 5.56. The first kappa shape index (κ1) is 13.8. The van der Waals surface area contributed by atoms with Crippen molar-refractivity contribution >= 4 is 11.9 Å². The molecule has 7 nitrogen and oxygen atoms in total. The molecule has 1 aliphatic rings. The van der Waals surface area contributed by atoms with Crippen LogP contribution in [0.3, 0.4) is 0 Å². The van der Waals surface area contributed by atoms with Crippen LogP contribution < -0.4 is 16.8 Å². The highest BCUT2D eigenvalue weighted by atomic mass is 16.5. The number of nitrogens with one attached hydrogen (secondary N) is 1. The lowest BCUT2D eigenvalue weighted by Gasteiger charge is -2.37. The summed E-state index contributed by atoms with van der Waals surface area (Å²) in [6.07, 6.45) is 4.38. The molecule has 1 aliphatic carbocycles. The summed E-state index contributed by atoms with van der Waals surface area (Å²) in [6, 6.07) is 0. The predicted octanol–water partition coefficient (Wildman–Crippen LogP) is 0.218. The molecule has 1 aromatic heterocycles. The number of carbonyl (C=O) groups is 1. The van der Waals surface area contributed by atoms with E-state index >= 15 is 0 Å². The molecule has 7 heteroatoms. The topological polar surface area (TPSA) is 120 Å². The molecule has 5 N–H and O–H groups in total. The fourth-order valence-electron chi connectivity index (χ4n) is 2.57. The lowest BCUT2D eigenvalue weighted by Crippen LogP contribution is -2.53. The minimum absolute atomic E-state index is 0.0113. The quantitative estimate of drug-likeness (QED) is 0.717. The molecule has 1 saturated carbocycles. The van der Waals surface area contributed by atoms with E-state index in [2.05, 4.69) is 15.5 Å². The fraction of sp³-hybridized carbons (Fsp3) is 0.750. The van der Waals surface area contributed by atoms with Gasteiger partial charge in [-0.1, -0.05) is 12.8 Å². The molecule has 0 spiro atoms. The van der Waals surface area contributed by atoms with Gasteiger partial charge in [0.2, 0.25) is 11.8 Å². The van der Waals surface area contributed by atoms with Crippen molar-refractivity contribution in [2.24, 2.45) is 11.7 Å². The lowest BCUT2D eigenvalue weighted by molar-refractivity contribution is -0.128. The van der Waals surface area contributed by atoms with E-state index in [0.29, 0.717) is 18.9 Å². The zero-order chi connectivity index (χ0) is 13.9. The molecule has 0 aromatic carbocycles. The Balaban J connectivity index is 1.80. The van der Waals surface area contributed by atoms with Crippen molar-refractivity contribution in [1.29, 1.82) is 0 Å². The first-order valence-electron chi connectivity index (χ1n) is 6.64. The molecule has 19 heavy (non-hydrogen) atoms. The summed E-state index contributed by atoms with van der Waals surface area (Å²) in [5, 5.41) is 6.36. The minimum Gasteiger partial charge on any atom is -0.365 e. The monoisotopic (exact) mass is 267 g/mol. The van der Waals surface area contributed by atoms with Crippen LogP contribution >= 0.6 is 0 Å². The van der Waals surface area contributed by atoms with Crippen LogP contribution in [0.2, 0.25) is 0 Å². The van der Waals surface area contributed by atoms with E-state index in [-0.39, 0.29) is 17.8 Å². The van der Waals surface area contributed by atoms with Crippen LogP contribution in [0.5, 0.6) is 0 Å². The largest absolute Gasteiger partial charge is 0.365 e. The fourth-order valence-corrected chi connectivity index (χ4v) is 2.57. The van der Waals surface area contributed by atoms with Crippen LogP contribution in [-0.2, 0) is 11.2 Å². The summed E-state index contributed by atoms with van der Waals surface area (Å²) < 4.78 is 4.87. The highest BCUT2D eigenvalue weighted by molar-refractivity contribution is 5.80. The third-order valence-corrected chi connectivity index (χ3v) is 3.69. The molecule has 1 amide bonds. The van der Waals surface area contributed by atoms with E-state index in [4.69, 9.17) is 16.0 Å². The number of anilines is 1. The standard InChI is InChI=1S/C12H21N5O2/c1-12(14)6-3-2-4-8(12)10(18)15-7-5-9-16-11(13)17-19-9/h8H,2-7,14H2,1H3,(H2,13,17)(H,15,18). The van der Waals surface area contributed by atoms with E-state index in [1.807, 2.05) is 6.92 Å². The van der Waals surface area contributed by atoms with Gasteiger partial charge in [-0.25, -0.2) is 0 Å². The molecule has 0 aliphatic heterocycles. The molecular weight excluding hydrogens is 246 g/mol. The zero-order valence-electron chi connectivity index (χ0n) is 11.2. The molecule has 0 radical (unpaired) electrons. The molecule has 2 atom stereocenters. The molecule has 1 heterocycles. The summed E-state index contributed by atoms with van der Waals surface area (Å²) in [5.41, 5.74) is 11.1. The molecule has 0 saturated heterocycles. The number of rotatable bonds is 4. The number of hydrogen-bond donors (Lipinski definition) is 3. The Labute approximate surface area is 112 Å². The number of nitrogen functional groups attached to an aromatic ring is 1. The summed E-state index contributed by atoms with van der Waals surface area (Å²) >= 11 is 0. The van der Waals surface area contributed by atoms with Crippen molar-refractivity contribution in [2.45, 2.75) is 44.6 Å². The van der Waals surface area contributed by atoms with Crippen LogP contribution in [-0.4, -0.2) is 28.1 Å². The number of aromatic nitrogens is 2. The number of amides is 1. The highest BCUT2D eigenvalue weighted by Crippen LogP contribution is 2.31. The maximum absolute atomic E-state index is 12.1. The van der Waals surface area contributed by atoms with Gasteiger partial charge in [0, 0.05) is 18.5 Å². The van der Waals surface area contributed by atoms with Crippen LogP contribution in [0.4, 0.5) is 5.95 Å². The zero-order valence-corrected chi connectivity index (χ0v) is 11.2. The van der Waals surface area contributed by atoms with Crippen molar-refractivity contribution in [3.63, 3.8) is 0 Å². The SMILES string of the molecule is CC1(N)CCCCC1C(=O)NCCc1nc(N)no1. The molecule has 106 valence electrons. The lowest BCUT2D eigenvalue weighted by atomic mass is 9.74. The van der Waals surface area contributed by atoms with Gasteiger partial charge < -0.3 is 21.3 Å². The van der Waals surface area contributed by atoms with Gasteiger partial charge in [0.25, 0.3) is 5.95 Å². The van der Waals surface area contributed by atoms with Crippen LogP contribution in [0.1, 0.15) is 38.5 Å². The molecular formula is C12H21N5O2. The average molecular weight is 267 g/mol. The van der Waals surface area contributed by atoms with Crippen LogP contribution in [0, 0.1) is 5.92 Å². The molecule has 2 unspecified atom stereocenters. The summed E-state index contributed by atoms with van der Waals surface area (Å²) in [4.78, 5) is 16.0. The molecule has 1 fully saturated rings. The first-order chi connectivity index (χ1) is 8.99. The Kier molecular flexibility index (Phi) is 4.04. The third-order valence-electron chi connectivity index (χ3n) is 3.69. The van der Waals surface area contributed by atoms with E-state index in [1.54, 1.807) is 0 Å². The van der Waals surface area contributed by atoms with E-state index in [9.17, 15) is 4.79 Å². The Morgan fingerprint density at radius 1 is 1.58 bits per heavy atom. The Hall–Kier alpha value is -1.63. The second-order valence-corrected chi connectivity index (χ2v) is 5.39. The van der Waals surface area contributed by atoms with Gasteiger partial charge in [-0.3, -0.25) is 4.79 Å². The second-order valence-electron chi connectivity index (χ2n) is 5.39. The van der Waals surface area contributed by atoms with E-state index in [0.717, 1.165) is 25.7 Å². The van der Waals surface area contributed by atoms with Gasteiger partial charge in [-0.15, -0.1) is 0 Å². The van der Waals surface area contributed by atoms with Crippen molar-refractivity contribution in [1.82, 2.24) is 15.5 Å². The summed E-state index contributed by atoms with van der Waals surface area (Å²) in [6.45, 7) is 2.40. The molecule has 0 bridgehead atoms. The summed E-state index contributed by atoms with van der Waals surface area (Å²) in [5.74, 6) is 0.436. The Morgan fingerprint density at radius 2 is 2.37 bits per heavy atom. The predicted molar refractivity (Wildman–Crippen MR) is 70.0 cm³/mol. The third kappa shape index (κ3) is 3.44. The minimum atomic E-state index is -0.406. The normalized spacial score (nSPS) is 27.2. The maximum Gasteiger partial charge on any atom is 0.260 e. The van der Waals surface area contributed by atoms with Crippen LogP contribution in [0.15, 0.2) is 4.52 Å². The van der Waals surface area contributed by atoms with Crippen LogP contribution in [0.25, 0.3) is 0 Å².